The topological polar surface area (TPSA) is 414 Å². The SMILES string of the molecule is COc1ccc(-c2nc3ccccc3n2CCCCB(O)O)cc1.COc1ccc(-c2nc3ccccc3n2CCCCCB(O)O)cc1.OB(O)CCCCCn1c(-c2ccc(F)cc2)nc2ccccc21.OB(O)CCCCCn1cnc2c(O)cccc21.OB(O)CCCCn1c(-c2cccnc2)nc2ccccc21.OB(O)CCCCn1c(-c2ccncc2)nc2ccccc21. The average molecular weight is 1830 g/mol. The lowest BCUT2D eigenvalue weighted by molar-refractivity contribution is 0.400. The number of fused-ring (bicyclic) bond motifs is 6. The minimum atomic E-state index is -1.23. The summed E-state index contributed by atoms with van der Waals surface area (Å²) in [5, 5.41) is 116. The van der Waals surface area contributed by atoms with Crippen molar-refractivity contribution in [3.63, 3.8) is 0 Å². The number of unbranched alkanes of at least 4 members (excludes halogenated alkanes) is 9. The highest BCUT2D eigenvalue weighted by Gasteiger charge is 2.21. The van der Waals surface area contributed by atoms with E-state index >= 15 is 0 Å². The summed E-state index contributed by atoms with van der Waals surface area (Å²) in [6, 6.07) is 75.7. The van der Waals surface area contributed by atoms with Gasteiger partial charge in [0.2, 0.25) is 0 Å². The minimum Gasteiger partial charge on any atom is -0.506 e. The van der Waals surface area contributed by atoms with Gasteiger partial charge in [-0.2, -0.15) is 0 Å². The Balaban J connectivity index is 0.000000146. The van der Waals surface area contributed by atoms with Crippen LogP contribution in [0.15, 0.2) is 268 Å². The Morgan fingerprint density at radius 2 is 0.563 bits per heavy atom. The summed E-state index contributed by atoms with van der Waals surface area (Å²) in [7, 11) is -4.00. The quantitative estimate of drug-likeness (QED) is 0.0125. The number of ether oxygens (including phenoxy) is 2. The average Bonchev–Trinajstić information content (AvgIpc) is 1.65. The third-order valence-electron chi connectivity index (χ3n) is 22.9. The molecule has 13 N–H and O–H groups in total. The first-order valence-corrected chi connectivity index (χ1v) is 46.1. The second-order valence-corrected chi connectivity index (χ2v) is 32.8. The summed E-state index contributed by atoms with van der Waals surface area (Å²) in [5.74, 6) is 6.12. The van der Waals surface area contributed by atoms with Crippen molar-refractivity contribution in [2.24, 2.45) is 0 Å². The molecule has 17 rings (SSSR count). The van der Waals surface area contributed by atoms with Gasteiger partial charge in [-0.3, -0.25) is 9.97 Å². The highest BCUT2D eigenvalue weighted by molar-refractivity contribution is 6.42. The summed E-state index contributed by atoms with van der Waals surface area (Å²) in [4.78, 5) is 36.1. The van der Waals surface area contributed by atoms with E-state index in [9.17, 15) is 9.50 Å². The maximum absolute atomic E-state index is 13.2. The Morgan fingerprint density at radius 1 is 0.274 bits per heavy atom. The van der Waals surface area contributed by atoms with Crippen LogP contribution in [0.4, 0.5) is 4.39 Å². The summed E-state index contributed by atoms with van der Waals surface area (Å²) in [6.07, 6.45) is 24.2. The van der Waals surface area contributed by atoms with Gasteiger partial charge in [0.1, 0.15) is 57.7 Å². The van der Waals surface area contributed by atoms with Crippen molar-refractivity contribution >= 4 is 109 Å². The second kappa shape index (κ2) is 52.9. The molecule has 698 valence electrons. The van der Waals surface area contributed by atoms with Gasteiger partial charge in [0.05, 0.1) is 81.2 Å². The molecule has 0 radical (unpaired) electrons. The van der Waals surface area contributed by atoms with Crippen LogP contribution < -0.4 is 9.47 Å². The summed E-state index contributed by atoms with van der Waals surface area (Å²) in [5.41, 5.74) is 16.8. The van der Waals surface area contributed by atoms with Crippen LogP contribution in [-0.2, 0) is 39.3 Å². The number of pyridine rings is 2. The number of aromatic hydroxyl groups is 1. The highest BCUT2D eigenvalue weighted by Crippen LogP contribution is 2.34. The van der Waals surface area contributed by atoms with Crippen molar-refractivity contribution in [3.05, 3.63) is 274 Å². The summed E-state index contributed by atoms with van der Waals surface area (Å²) in [6.45, 7) is 4.83. The molecular weight excluding hydrogens is 1710 g/mol. The van der Waals surface area contributed by atoms with Gasteiger partial charge in [0, 0.05) is 91.9 Å². The Kier molecular flexibility index (Phi) is 39.7. The molecule has 0 aliphatic heterocycles. The first kappa shape index (κ1) is 101. The van der Waals surface area contributed by atoms with Gasteiger partial charge in [-0.25, -0.2) is 34.3 Å². The van der Waals surface area contributed by atoms with Crippen molar-refractivity contribution in [1.82, 2.24) is 67.3 Å². The molecule has 0 aliphatic carbocycles. The van der Waals surface area contributed by atoms with E-state index < -0.39 is 42.7 Å². The zero-order chi connectivity index (χ0) is 95.2. The smallest absolute Gasteiger partial charge is 0.451 e. The third kappa shape index (κ3) is 29.9. The van der Waals surface area contributed by atoms with Gasteiger partial charge in [-0.15, -0.1) is 0 Å². The lowest BCUT2D eigenvalue weighted by atomic mass is 9.83. The van der Waals surface area contributed by atoms with Gasteiger partial charge in [-0.05, 0) is 246 Å². The fourth-order valence-corrected chi connectivity index (χ4v) is 16.1. The number of imidazole rings is 6. The fraction of sp³-hybridized carbons (Fsp3) is 0.293. The number of nitrogens with zero attached hydrogens (tertiary/aromatic N) is 14. The Bertz CT molecular complexity index is 6270. The number of benzene rings is 9. The molecule has 36 heteroatoms. The van der Waals surface area contributed by atoms with E-state index in [0.717, 1.165) is 265 Å². The van der Waals surface area contributed by atoms with Crippen LogP contribution in [0.3, 0.4) is 0 Å². The Morgan fingerprint density at radius 3 is 0.881 bits per heavy atom. The van der Waals surface area contributed by atoms with Crippen LogP contribution in [0.1, 0.15) is 96.3 Å². The number of hydrogen-bond donors (Lipinski definition) is 13. The zero-order valence-electron chi connectivity index (χ0n) is 76.2. The highest BCUT2D eigenvalue weighted by atomic mass is 19.1. The second-order valence-electron chi connectivity index (χ2n) is 32.8. The molecule has 0 atom stereocenters. The van der Waals surface area contributed by atoms with E-state index in [2.05, 4.69) is 62.1 Å². The number of phenolic OH excluding ortho intramolecular Hbond substituents is 1. The van der Waals surface area contributed by atoms with Gasteiger partial charge in [-0.1, -0.05) is 125 Å². The number of methoxy groups -OCH3 is 2. The molecule has 8 aromatic heterocycles. The van der Waals surface area contributed by atoms with Crippen LogP contribution in [0.25, 0.3) is 123 Å². The van der Waals surface area contributed by atoms with Gasteiger partial charge < -0.3 is 102 Å². The Hall–Kier alpha value is -12.7. The molecular formula is C99H117B6FN14O15. The molecule has 0 bridgehead atoms. The Labute approximate surface area is 786 Å². The van der Waals surface area contributed by atoms with Crippen molar-refractivity contribution in [2.45, 2.75) is 174 Å². The lowest BCUT2D eigenvalue weighted by Gasteiger charge is -2.10. The van der Waals surface area contributed by atoms with E-state index in [-0.39, 0.29) is 11.6 Å². The number of aryl methyl sites for hydroxylation is 6. The molecule has 8 heterocycles. The van der Waals surface area contributed by atoms with E-state index in [1.54, 1.807) is 63.4 Å². The first-order chi connectivity index (χ1) is 65.7. The fourth-order valence-electron chi connectivity index (χ4n) is 16.1. The number of phenols is 1. The predicted molar refractivity (Wildman–Crippen MR) is 535 cm³/mol. The van der Waals surface area contributed by atoms with Crippen LogP contribution in [0, 0.1) is 5.82 Å². The third-order valence-corrected chi connectivity index (χ3v) is 22.9. The van der Waals surface area contributed by atoms with Crippen LogP contribution >= 0.6 is 0 Å². The van der Waals surface area contributed by atoms with Gasteiger partial charge >= 0.3 is 42.7 Å². The molecule has 135 heavy (non-hydrogen) atoms. The molecule has 0 unspecified atom stereocenters. The van der Waals surface area contributed by atoms with Crippen molar-refractivity contribution in [2.75, 3.05) is 14.2 Å². The van der Waals surface area contributed by atoms with Crippen LogP contribution in [-0.4, -0.2) is 190 Å². The molecule has 0 saturated heterocycles. The van der Waals surface area contributed by atoms with E-state index in [4.69, 9.17) is 94.7 Å². The van der Waals surface area contributed by atoms with E-state index in [0.29, 0.717) is 43.4 Å². The normalized spacial score (nSPS) is 11.0. The number of halogens is 1. The molecule has 0 spiro atoms. The number of rotatable bonds is 40. The molecule has 0 fully saturated rings. The van der Waals surface area contributed by atoms with Crippen LogP contribution in [0.2, 0.25) is 37.9 Å². The number of hydrogen-bond acceptors (Lipinski definition) is 23. The molecule has 0 amide bonds. The zero-order valence-corrected chi connectivity index (χ0v) is 76.2. The summed E-state index contributed by atoms with van der Waals surface area (Å²) < 4.78 is 36.6. The standard InChI is InChI=1S/C19H23BN2O3.C18H20BFN2O2.C18H21BN2O3.2C16H18BN3O2.C12H17BN2O3/c1-25-16-11-9-15(10-12-16)19-21-17-7-3-4-8-18(17)22(19)14-6-2-5-13-20(23)24;20-15-10-8-14(9-11-15)18-21-16-6-2-3-7-17(16)22(18)13-5-1-4-12-19(23)24;1-24-15-10-8-14(9-11-15)18-20-16-6-2-3-7-17(16)21(18)13-5-4-12-19(22)23;21-17(22)9-3-4-11-20-15-8-2-1-7-14(15)19-16(20)13-6-5-10-18-12-13;21-17(22)9-3-4-12-20-15-6-2-1-5-14(15)19-16(20)13-7-10-18-11-8-13;16-11-6-4-5-10-12(11)14-9-15(10)8-3-1-2-7-13(17)18/h3-4,7-12,23-24H,2,5-6,13-14H2,1H3;2-3,6-11,23-24H,1,4-5,12-13H2;2-3,6-11,22-23H,4-5,12-13H2,1H3;1-2,5-8,10,12,21-22H,3-4,9,11H2;1-2,5-8,10-11,21-22H,3-4,9,12H2;4-6,9,16-18H,1-3,7-8H2. The molecule has 29 nitrogen and oxygen atoms in total. The lowest BCUT2D eigenvalue weighted by Crippen LogP contribution is -2.10. The predicted octanol–water partition coefficient (Wildman–Crippen LogP) is 15.9. The van der Waals surface area contributed by atoms with E-state index in [1.165, 1.54) is 12.1 Å². The number of para-hydroxylation sites is 11. The monoisotopic (exact) mass is 1830 g/mol. The maximum atomic E-state index is 13.2. The van der Waals surface area contributed by atoms with Crippen LogP contribution in [0.5, 0.6) is 17.2 Å². The number of aromatic nitrogens is 14. The maximum Gasteiger partial charge on any atom is 0.451 e. The molecule has 0 aliphatic rings. The van der Waals surface area contributed by atoms with Crippen molar-refractivity contribution in [1.29, 1.82) is 0 Å². The largest absolute Gasteiger partial charge is 0.506 e. The summed E-state index contributed by atoms with van der Waals surface area (Å²) >= 11 is 0. The van der Waals surface area contributed by atoms with E-state index in [1.807, 2.05) is 187 Å². The van der Waals surface area contributed by atoms with Crippen molar-refractivity contribution in [3.8, 4) is 74.2 Å². The molecule has 9 aromatic carbocycles. The first-order valence-electron chi connectivity index (χ1n) is 46.1. The molecule has 0 saturated carbocycles. The van der Waals surface area contributed by atoms with Gasteiger partial charge in [0.15, 0.2) is 0 Å². The van der Waals surface area contributed by atoms with Crippen molar-refractivity contribution < 1.29 is 79.3 Å². The molecule has 17 aromatic rings. The van der Waals surface area contributed by atoms with Gasteiger partial charge in [0.25, 0.3) is 0 Å². The minimum absolute atomic E-state index is 0.203.